The lowest BCUT2D eigenvalue weighted by atomic mass is 10.4. The largest absolute Gasteiger partial charge is 0.458 e. The fraction of sp³-hybridized carbons (Fsp3) is 0.667. The van der Waals surface area contributed by atoms with Gasteiger partial charge in [0.05, 0.1) is 0 Å². The molecule has 0 aliphatic carbocycles. The number of hydrogen-bond acceptors (Lipinski definition) is 5. The molecular weight excluding hydrogens is 254 g/mol. The van der Waals surface area contributed by atoms with Crippen molar-refractivity contribution in [1.29, 1.82) is 0 Å². The molecular formula is C15H27N3O2. The summed E-state index contributed by atoms with van der Waals surface area (Å²) >= 11 is 0. The molecule has 2 unspecified atom stereocenters. The van der Waals surface area contributed by atoms with E-state index in [9.17, 15) is 0 Å². The van der Waals surface area contributed by atoms with Crippen LogP contribution in [0.4, 0.5) is 0 Å². The van der Waals surface area contributed by atoms with E-state index in [1.165, 1.54) is 0 Å². The third-order valence-electron chi connectivity index (χ3n) is 3.06. The van der Waals surface area contributed by atoms with E-state index >= 15 is 0 Å². The van der Waals surface area contributed by atoms with Gasteiger partial charge in [0.2, 0.25) is 11.8 Å². The van der Waals surface area contributed by atoms with Gasteiger partial charge in [0.1, 0.15) is 0 Å². The quantitative estimate of drug-likeness (QED) is 0.684. The second-order valence-corrected chi connectivity index (χ2v) is 5.20. The van der Waals surface area contributed by atoms with Crippen molar-refractivity contribution in [3.8, 4) is 11.8 Å². The first-order valence-electron chi connectivity index (χ1n) is 7.11. The van der Waals surface area contributed by atoms with E-state index in [4.69, 9.17) is 9.47 Å². The summed E-state index contributed by atoms with van der Waals surface area (Å²) in [4.78, 5) is 8.48. The Labute approximate surface area is 122 Å². The van der Waals surface area contributed by atoms with Crippen molar-refractivity contribution in [3.63, 3.8) is 0 Å². The zero-order valence-electron chi connectivity index (χ0n) is 13.5. The summed E-state index contributed by atoms with van der Waals surface area (Å²) in [6.07, 6.45) is 1.84. The van der Waals surface area contributed by atoms with Crippen molar-refractivity contribution in [2.24, 2.45) is 0 Å². The van der Waals surface area contributed by atoms with Crippen molar-refractivity contribution in [2.75, 3.05) is 28.2 Å². The first-order chi connectivity index (χ1) is 9.47. The van der Waals surface area contributed by atoms with Crippen LogP contribution in [-0.4, -0.2) is 55.4 Å². The number of aromatic nitrogens is 1. The van der Waals surface area contributed by atoms with Crippen molar-refractivity contribution in [3.05, 3.63) is 18.2 Å². The van der Waals surface area contributed by atoms with Crippen LogP contribution in [-0.2, 0) is 0 Å². The molecule has 0 aliphatic heterocycles. The molecule has 0 bridgehead atoms. The molecule has 2 atom stereocenters. The Hall–Kier alpha value is -1.33. The first kappa shape index (κ1) is 16.7. The number of ether oxygens (including phenoxy) is 2. The van der Waals surface area contributed by atoms with Gasteiger partial charge in [-0.2, -0.15) is 4.98 Å². The van der Waals surface area contributed by atoms with Crippen LogP contribution in [0.5, 0.6) is 11.8 Å². The van der Waals surface area contributed by atoms with Crippen molar-refractivity contribution >= 4 is 0 Å². The molecule has 0 saturated heterocycles. The molecule has 20 heavy (non-hydrogen) atoms. The standard InChI is InChI=1S/C15H27N3O2/c1-7-14(17(3)4)19-12-10-9-11-13(16-12)20-15(8-2)18(5)6/h9-11,14-15H,7-8H2,1-6H3. The van der Waals surface area contributed by atoms with Gasteiger partial charge < -0.3 is 9.47 Å². The maximum absolute atomic E-state index is 5.86. The Morgan fingerprint density at radius 1 is 0.900 bits per heavy atom. The average Bonchev–Trinajstić information content (AvgIpc) is 2.41. The molecule has 1 aromatic heterocycles. The number of rotatable bonds is 8. The monoisotopic (exact) mass is 281 g/mol. The van der Waals surface area contributed by atoms with Crippen LogP contribution in [0.1, 0.15) is 26.7 Å². The number of pyridine rings is 1. The van der Waals surface area contributed by atoms with Crippen LogP contribution in [0.2, 0.25) is 0 Å². The van der Waals surface area contributed by atoms with E-state index in [0.29, 0.717) is 11.8 Å². The Bertz CT molecular complexity index is 363. The van der Waals surface area contributed by atoms with E-state index in [1.54, 1.807) is 0 Å². The normalized spacial score (nSPS) is 14.4. The van der Waals surface area contributed by atoms with Crippen LogP contribution in [0.25, 0.3) is 0 Å². The van der Waals surface area contributed by atoms with E-state index in [1.807, 2.05) is 56.2 Å². The molecule has 1 heterocycles. The second kappa shape index (κ2) is 8.07. The molecule has 1 aromatic rings. The Balaban J connectivity index is 2.75. The van der Waals surface area contributed by atoms with Gasteiger partial charge in [0.25, 0.3) is 0 Å². The van der Waals surface area contributed by atoms with E-state index in [-0.39, 0.29) is 12.5 Å². The minimum atomic E-state index is 0.0218. The summed E-state index contributed by atoms with van der Waals surface area (Å²) < 4.78 is 11.7. The minimum absolute atomic E-state index is 0.0218. The molecule has 0 amide bonds. The lowest BCUT2D eigenvalue weighted by molar-refractivity contribution is 0.0461. The summed E-state index contributed by atoms with van der Waals surface area (Å²) in [6.45, 7) is 4.17. The summed E-state index contributed by atoms with van der Waals surface area (Å²) in [5.41, 5.74) is 0. The lowest BCUT2D eigenvalue weighted by Crippen LogP contribution is -2.33. The maximum Gasteiger partial charge on any atom is 0.218 e. The molecule has 0 spiro atoms. The third-order valence-corrected chi connectivity index (χ3v) is 3.06. The van der Waals surface area contributed by atoms with E-state index in [0.717, 1.165) is 12.8 Å². The van der Waals surface area contributed by atoms with Gasteiger partial charge in [-0.15, -0.1) is 0 Å². The molecule has 0 N–H and O–H groups in total. The molecule has 0 aromatic carbocycles. The highest BCUT2D eigenvalue weighted by Gasteiger charge is 2.14. The van der Waals surface area contributed by atoms with Gasteiger partial charge >= 0.3 is 0 Å². The van der Waals surface area contributed by atoms with E-state index < -0.39 is 0 Å². The first-order valence-corrected chi connectivity index (χ1v) is 7.11. The topological polar surface area (TPSA) is 37.8 Å². The van der Waals surface area contributed by atoms with Crippen LogP contribution in [0.3, 0.4) is 0 Å². The zero-order valence-corrected chi connectivity index (χ0v) is 13.5. The van der Waals surface area contributed by atoms with Gasteiger partial charge in [-0.3, -0.25) is 9.80 Å². The molecule has 0 fully saturated rings. The minimum Gasteiger partial charge on any atom is -0.458 e. The van der Waals surface area contributed by atoms with Gasteiger partial charge in [-0.05, 0) is 41.0 Å². The van der Waals surface area contributed by atoms with Crippen LogP contribution in [0.15, 0.2) is 18.2 Å². The van der Waals surface area contributed by atoms with Gasteiger partial charge in [-0.1, -0.05) is 19.9 Å². The fourth-order valence-corrected chi connectivity index (χ4v) is 1.91. The maximum atomic E-state index is 5.86. The molecule has 5 heteroatoms. The highest BCUT2D eigenvalue weighted by atomic mass is 16.5. The molecule has 0 saturated carbocycles. The van der Waals surface area contributed by atoms with Crippen LogP contribution in [0, 0.1) is 0 Å². The Morgan fingerprint density at radius 2 is 1.30 bits per heavy atom. The predicted molar refractivity (Wildman–Crippen MR) is 81.0 cm³/mol. The SMILES string of the molecule is CCC(Oc1cccc(OC(CC)N(C)C)n1)N(C)C. The fourth-order valence-electron chi connectivity index (χ4n) is 1.91. The summed E-state index contributed by atoms with van der Waals surface area (Å²) in [6, 6.07) is 5.62. The highest BCUT2D eigenvalue weighted by molar-refractivity contribution is 5.20. The molecule has 114 valence electrons. The highest BCUT2D eigenvalue weighted by Crippen LogP contribution is 2.18. The zero-order chi connectivity index (χ0) is 15.1. The Morgan fingerprint density at radius 3 is 1.60 bits per heavy atom. The molecule has 1 rings (SSSR count). The lowest BCUT2D eigenvalue weighted by Gasteiger charge is -2.25. The number of nitrogens with zero attached hydrogens (tertiary/aromatic N) is 3. The average molecular weight is 281 g/mol. The molecule has 0 radical (unpaired) electrons. The Kier molecular flexibility index (Phi) is 6.75. The predicted octanol–water partition coefficient (Wildman–Crippen LogP) is 2.43. The van der Waals surface area contributed by atoms with Crippen LogP contribution < -0.4 is 9.47 Å². The molecule has 5 nitrogen and oxygen atoms in total. The summed E-state index contributed by atoms with van der Waals surface area (Å²) in [7, 11) is 7.97. The van der Waals surface area contributed by atoms with Crippen molar-refractivity contribution in [2.45, 2.75) is 39.1 Å². The van der Waals surface area contributed by atoms with Gasteiger partial charge in [0, 0.05) is 12.1 Å². The van der Waals surface area contributed by atoms with Gasteiger partial charge in [-0.25, -0.2) is 0 Å². The summed E-state index contributed by atoms with van der Waals surface area (Å²) in [5, 5.41) is 0. The number of hydrogen-bond donors (Lipinski definition) is 0. The third kappa shape index (κ3) is 4.98. The van der Waals surface area contributed by atoms with Crippen molar-refractivity contribution in [1.82, 2.24) is 14.8 Å². The van der Waals surface area contributed by atoms with Crippen LogP contribution >= 0.6 is 0 Å². The van der Waals surface area contributed by atoms with Crippen molar-refractivity contribution < 1.29 is 9.47 Å². The molecule has 0 aliphatic rings. The second-order valence-electron chi connectivity index (χ2n) is 5.20. The summed E-state index contributed by atoms with van der Waals surface area (Å²) in [5.74, 6) is 1.19. The smallest absolute Gasteiger partial charge is 0.218 e. The van der Waals surface area contributed by atoms with Gasteiger partial charge in [0.15, 0.2) is 12.5 Å². The van der Waals surface area contributed by atoms with E-state index in [2.05, 4.69) is 18.8 Å².